The van der Waals surface area contributed by atoms with Crippen LogP contribution in [0.25, 0.3) is 0 Å². The molecule has 116 valence electrons. The van der Waals surface area contributed by atoms with E-state index in [0.717, 1.165) is 12.1 Å². The lowest BCUT2D eigenvalue weighted by molar-refractivity contribution is 0.328. The summed E-state index contributed by atoms with van der Waals surface area (Å²) in [4.78, 5) is 0. The minimum absolute atomic E-state index is 1.15. The summed E-state index contributed by atoms with van der Waals surface area (Å²) in [5.74, 6) is 0. The first-order chi connectivity index (χ1) is 8.24. The molecule has 0 bridgehead atoms. The summed E-state index contributed by atoms with van der Waals surface area (Å²) in [6.45, 7) is 22.1. The number of hydrogen-bond acceptors (Lipinski definition) is 3. The van der Waals surface area contributed by atoms with Gasteiger partial charge in [-0.05, 0) is 64.5 Å². The van der Waals surface area contributed by atoms with E-state index in [0.29, 0.717) is 0 Å². The highest BCUT2D eigenvalue weighted by Crippen LogP contribution is 2.26. The van der Waals surface area contributed by atoms with Gasteiger partial charge in [-0.15, -0.1) is 0 Å². The lowest BCUT2D eigenvalue weighted by atomic mass is 10.9. The Kier molecular flexibility index (Phi) is 6.94. The van der Waals surface area contributed by atoms with Crippen LogP contribution in [-0.2, 0) is 12.3 Å². The molecule has 3 nitrogen and oxygen atoms in total. The Morgan fingerprint density at radius 2 is 0.947 bits per heavy atom. The number of hydrogen-bond donors (Lipinski definition) is 0. The predicted octanol–water partition coefficient (Wildman–Crippen LogP) is 4.89. The molecular weight excluding hydrogens is 304 g/mol. The first-order valence-electron chi connectivity index (χ1n) is 7.35. The molecule has 0 saturated carbocycles. The average Bonchev–Trinajstić information content (AvgIpc) is 2.10. The van der Waals surface area contributed by atoms with Crippen molar-refractivity contribution < 1.29 is 12.3 Å². The van der Waals surface area contributed by atoms with Gasteiger partial charge in [0.15, 0.2) is 16.6 Å². The normalized spacial score (nSPS) is 14.8. The molecule has 0 aromatic heterocycles. The van der Waals surface area contributed by atoms with E-state index in [9.17, 15) is 0 Å². The average molecular weight is 339 g/mol. The van der Waals surface area contributed by atoms with Crippen molar-refractivity contribution in [2.24, 2.45) is 0 Å². The van der Waals surface area contributed by atoms with Crippen LogP contribution in [0.1, 0.15) is 13.8 Å². The second kappa shape index (κ2) is 6.67. The van der Waals surface area contributed by atoms with Gasteiger partial charge < -0.3 is 12.3 Å². The molecule has 0 aromatic rings. The Morgan fingerprint density at radius 3 is 1.26 bits per heavy atom. The third-order valence-corrected chi connectivity index (χ3v) is 18.3. The summed E-state index contributed by atoms with van der Waals surface area (Å²) >= 11 is 0. The molecule has 0 heterocycles. The summed E-state index contributed by atoms with van der Waals surface area (Å²) in [6, 6.07) is 2.31. The van der Waals surface area contributed by atoms with Crippen LogP contribution in [0.15, 0.2) is 0 Å². The van der Waals surface area contributed by atoms with E-state index >= 15 is 0 Å². The molecular formula is C12H34O3Si4. The largest absolute Gasteiger partial charge is 0.437 e. The third-order valence-electron chi connectivity index (χ3n) is 3.03. The van der Waals surface area contributed by atoms with Crippen LogP contribution >= 0.6 is 0 Å². The minimum Gasteiger partial charge on any atom is -0.437 e. The number of rotatable bonds is 8. The Morgan fingerprint density at radius 1 is 0.579 bits per heavy atom. The Bertz CT molecular complexity index is 283. The van der Waals surface area contributed by atoms with Crippen LogP contribution in [0.4, 0.5) is 0 Å². The molecule has 0 amide bonds. The maximum atomic E-state index is 6.50. The van der Waals surface area contributed by atoms with E-state index in [1.165, 1.54) is 0 Å². The van der Waals surface area contributed by atoms with Gasteiger partial charge in [0.2, 0.25) is 0 Å². The lowest BCUT2D eigenvalue weighted by Crippen LogP contribution is -2.56. The lowest BCUT2D eigenvalue weighted by Gasteiger charge is -2.40. The van der Waals surface area contributed by atoms with Crippen LogP contribution < -0.4 is 0 Å². The Labute approximate surface area is 124 Å². The van der Waals surface area contributed by atoms with E-state index in [1.807, 2.05) is 0 Å². The molecule has 0 spiro atoms. The fourth-order valence-electron chi connectivity index (χ4n) is 2.36. The van der Waals surface area contributed by atoms with Crippen LogP contribution in [-0.4, -0.2) is 33.8 Å². The highest BCUT2D eigenvalue weighted by molar-refractivity contribution is 6.89. The molecule has 7 heteroatoms. The van der Waals surface area contributed by atoms with Crippen molar-refractivity contribution >= 4 is 33.8 Å². The van der Waals surface area contributed by atoms with Crippen molar-refractivity contribution in [1.82, 2.24) is 0 Å². The summed E-state index contributed by atoms with van der Waals surface area (Å²) < 4.78 is 19.2. The zero-order chi connectivity index (χ0) is 15.5. The predicted molar refractivity (Wildman–Crippen MR) is 94.1 cm³/mol. The Hall–Kier alpha value is 0.748. The van der Waals surface area contributed by atoms with Gasteiger partial charge in [0.05, 0.1) is 0 Å². The second-order valence-electron chi connectivity index (χ2n) is 7.38. The summed E-state index contributed by atoms with van der Waals surface area (Å²) in [5, 5.41) is 0. The molecule has 0 aromatic carbocycles. The molecule has 0 aliphatic rings. The maximum Gasteiger partial charge on any atom is 0.312 e. The molecule has 19 heavy (non-hydrogen) atoms. The van der Waals surface area contributed by atoms with Crippen molar-refractivity contribution in [2.75, 3.05) is 0 Å². The molecule has 0 fully saturated rings. The zero-order valence-electron chi connectivity index (χ0n) is 14.6. The highest BCUT2D eigenvalue weighted by atomic mass is 28.5. The van der Waals surface area contributed by atoms with E-state index in [4.69, 9.17) is 12.3 Å². The van der Waals surface area contributed by atoms with Crippen molar-refractivity contribution in [2.45, 2.75) is 78.3 Å². The molecule has 0 N–H and O–H groups in total. The van der Waals surface area contributed by atoms with Gasteiger partial charge in [-0.3, -0.25) is 0 Å². The van der Waals surface area contributed by atoms with Crippen LogP contribution in [0.2, 0.25) is 64.5 Å². The van der Waals surface area contributed by atoms with Crippen molar-refractivity contribution in [3.63, 3.8) is 0 Å². The summed E-state index contributed by atoms with van der Waals surface area (Å²) in [7, 11) is -7.30. The van der Waals surface area contributed by atoms with E-state index in [2.05, 4.69) is 66.2 Å². The molecule has 0 aliphatic heterocycles. The van der Waals surface area contributed by atoms with Crippen molar-refractivity contribution in [3.05, 3.63) is 0 Å². The zero-order valence-corrected chi connectivity index (χ0v) is 18.6. The SMILES string of the molecule is CC[Si](C)(CC)O[Si](C)(C)O[Si](C)(C)O[Si](C)(C)C. The molecule has 0 atom stereocenters. The van der Waals surface area contributed by atoms with E-state index in [-0.39, 0.29) is 0 Å². The molecule has 0 radical (unpaired) electrons. The smallest absolute Gasteiger partial charge is 0.312 e. The van der Waals surface area contributed by atoms with Crippen molar-refractivity contribution in [3.8, 4) is 0 Å². The molecule has 0 saturated heterocycles. The topological polar surface area (TPSA) is 27.7 Å². The van der Waals surface area contributed by atoms with Gasteiger partial charge in [-0.25, -0.2) is 0 Å². The first kappa shape index (κ1) is 19.7. The van der Waals surface area contributed by atoms with Gasteiger partial charge in [-0.2, -0.15) is 0 Å². The van der Waals surface area contributed by atoms with Gasteiger partial charge in [-0.1, -0.05) is 13.8 Å². The van der Waals surface area contributed by atoms with Crippen LogP contribution in [0, 0.1) is 0 Å². The third kappa shape index (κ3) is 8.59. The van der Waals surface area contributed by atoms with Crippen LogP contribution in [0.5, 0.6) is 0 Å². The minimum atomic E-state index is -2.10. The molecule has 0 unspecified atom stereocenters. The molecule has 0 aliphatic carbocycles. The Balaban J connectivity index is 4.76. The quantitative estimate of drug-likeness (QED) is 0.590. The van der Waals surface area contributed by atoms with E-state index in [1.54, 1.807) is 0 Å². The van der Waals surface area contributed by atoms with Gasteiger partial charge in [0.25, 0.3) is 0 Å². The van der Waals surface area contributed by atoms with Gasteiger partial charge in [0.1, 0.15) is 0 Å². The van der Waals surface area contributed by atoms with Crippen molar-refractivity contribution in [1.29, 1.82) is 0 Å². The summed E-state index contributed by atoms with van der Waals surface area (Å²) in [6.07, 6.45) is 0. The second-order valence-corrected chi connectivity index (χ2v) is 24.0. The fraction of sp³-hybridized carbons (Fsp3) is 1.00. The summed E-state index contributed by atoms with van der Waals surface area (Å²) in [5.41, 5.74) is 0. The fourth-order valence-corrected chi connectivity index (χ4v) is 20.5. The monoisotopic (exact) mass is 338 g/mol. The van der Waals surface area contributed by atoms with Gasteiger partial charge in [0, 0.05) is 0 Å². The van der Waals surface area contributed by atoms with Gasteiger partial charge >= 0.3 is 17.1 Å². The van der Waals surface area contributed by atoms with Crippen LogP contribution in [0.3, 0.4) is 0 Å². The standard InChI is InChI=1S/C12H34O3Si4/c1-11-19(10,12-2)15-18(8,9)14-17(6,7)13-16(3,4)5/h11-12H2,1-10H3. The highest BCUT2D eigenvalue weighted by Gasteiger charge is 2.42. The van der Waals surface area contributed by atoms with E-state index < -0.39 is 33.8 Å². The first-order valence-corrected chi connectivity index (χ1v) is 19.2. The maximum absolute atomic E-state index is 6.50. The molecule has 0 rings (SSSR count).